The van der Waals surface area contributed by atoms with E-state index >= 15 is 0 Å². The van der Waals surface area contributed by atoms with Crippen molar-refractivity contribution in [2.75, 3.05) is 6.54 Å². The SMILES string of the molecule is CC(C)CCNC(=O)CC(N)CC(C)(C)C. The molecule has 0 saturated carbocycles. The zero-order valence-electron chi connectivity index (χ0n) is 11.5. The fraction of sp³-hybridized carbons (Fsp3) is 0.923. The van der Waals surface area contributed by atoms with E-state index in [4.69, 9.17) is 5.73 Å². The minimum absolute atomic E-state index is 0.0287. The quantitative estimate of drug-likeness (QED) is 0.733. The molecule has 0 heterocycles. The molecule has 0 aromatic carbocycles. The highest BCUT2D eigenvalue weighted by atomic mass is 16.1. The smallest absolute Gasteiger partial charge is 0.221 e. The molecule has 0 fully saturated rings. The minimum atomic E-state index is -0.0287. The van der Waals surface area contributed by atoms with Crippen LogP contribution in [0.4, 0.5) is 0 Å². The van der Waals surface area contributed by atoms with E-state index in [1.165, 1.54) is 0 Å². The van der Waals surface area contributed by atoms with Crippen LogP contribution in [0.2, 0.25) is 0 Å². The van der Waals surface area contributed by atoms with Crippen molar-refractivity contribution >= 4 is 5.91 Å². The molecule has 96 valence electrons. The fourth-order valence-corrected chi connectivity index (χ4v) is 1.67. The molecule has 0 bridgehead atoms. The predicted octanol–water partition coefficient (Wildman–Crippen LogP) is 2.30. The average Bonchev–Trinajstić information content (AvgIpc) is 1.98. The molecule has 3 heteroatoms. The van der Waals surface area contributed by atoms with Crippen molar-refractivity contribution in [3.8, 4) is 0 Å². The zero-order valence-corrected chi connectivity index (χ0v) is 11.5. The molecule has 0 aliphatic rings. The topological polar surface area (TPSA) is 55.1 Å². The van der Waals surface area contributed by atoms with Gasteiger partial charge in [0.1, 0.15) is 0 Å². The van der Waals surface area contributed by atoms with Gasteiger partial charge in [0, 0.05) is 19.0 Å². The van der Waals surface area contributed by atoms with Gasteiger partial charge < -0.3 is 11.1 Å². The average molecular weight is 228 g/mol. The third kappa shape index (κ3) is 9.97. The summed E-state index contributed by atoms with van der Waals surface area (Å²) in [7, 11) is 0. The summed E-state index contributed by atoms with van der Waals surface area (Å²) in [6, 6.07) is -0.0287. The minimum Gasteiger partial charge on any atom is -0.356 e. The van der Waals surface area contributed by atoms with Crippen LogP contribution >= 0.6 is 0 Å². The lowest BCUT2D eigenvalue weighted by Crippen LogP contribution is -2.34. The molecular formula is C13H28N2O. The van der Waals surface area contributed by atoms with Crippen molar-refractivity contribution in [1.29, 1.82) is 0 Å². The first kappa shape index (κ1) is 15.4. The van der Waals surface area contributed by atoms with E-state index in [0.717, 1.165) is 19.4 Å². The summed E-state index contributed by atoms with van der Waals surface area (Å²) in [6.07, 6.45) is 2.35. The zero-order chi connectivity index (χ0) is 12.8. The Morgan fingerprint density at radius 2 is 1.88 bits per heavy atom. The normalized spacial score (nSPS) is 13.9. The van der Waals surface area contributed by atoms with E-state index in [2.05, 4.69) is 39.9 Å². The first-order valence-corrected chi connectivity index (χ1v) is 6.23. The van der Waals surface area contributed by atoms with Crippen molar-refractivity contribution in [2.45, 2.75) is 59.9 Å². The van der Waals surface area contributed by atoms with Crippen LogP contribution in [0.5, 0.6) is 0 Å². The van der Waals surface area contributed by atoms with E-state index in [9.17, 15) is 4.79 Å². The molecule has 0 aliphatic heterocycles. The number of carbonyl (C=O) groups excluding carboxylic acids is 1. The highest BCUT2D eigenvalue weighted by molar-refractivity contribution is 5.76. The van der Waals surface area contributed by atoms with Crippen LogP contribution < -0.4 is 11.1 Å². The van der Waals surface area contributed by atoms with Gasteiger partial charge in [0.05, 0.1) is 0 Å². The Bertz CT molecular complexity index is 206. The predicted molar refractivity (Wildman–Crippen MR) is 69.1 cm³/mol. The highest BCUT2D eigenvalue weighted by Gasteiger charge is 2.17. The Hall–Kier alpha value is -0.570. The lowest BCUT2D eigenvalue weighted by Gasteiger charge is -2.22. The number of carbonyl (C=O) groups is 1. The maximum atomic E-state index is 11.5. The van der Waals surface area contributed by atoms with Gasteiger partial charge in [-0.3, -0.25) is 4.79 Å². The molecule has 0 spiro atoms. The number of nitrogens with one attached hydrogen (secondary N) is 1. The number of hydrogen-bond acceptors (Lipinski definition) is 2. The monoisotopic (exact) mass is 228 g/mol. The van der Waals surface area contributed by atoms with Crippen molar-refractivity contribution in [3.63, 3.8) is 0 Å². The number of amides is 1. The molecule has 0 radical (unpaired) electrons. The van der Waals surface area contributed by atoms with Gasteiger partial charge >= 0.3 is 0 Å². The largest absolute Gasteiger partial charge is 0.356 e. The first-order valence-electron chi connectivity index (χ1n) is 6.23. The molecule has 3 N–H and O–H groups in total. The summed E-state index contributed by atoms with van der Waals surface area (Å²) in [5.41, 5.74) is 6.12. The highest BCUT2D eigenvalue weighted by Crippen LogP contribution is 2.20. The molecule has 0 aromatic rings. The maximum absolute atomic E-state index is 11.5. The van der Waals surface area contributed by atoms with E-state index in [1.54, 1.807) is 0 Å². The fourth-order valence-electron chi connectivity index (χ4n) is 1.67. The van der Waals surface area contributed by atoms with Gasteiger partial charge in [0.25, 0.3) is 0 Å². The second-order valence-corrected chi connectivity index (χ2v) is 6.26. The third-order valence-corrected chi connectivity index (χ3v) is 2.37. The molecule has 0 rings (SSSR count). The van der Waals surface area contributed by atoms with Crippen molar-refractivity contribution in [3.05, 3.63) is 0 Å². The number of rotatable bonds is 6. The van der Waals surface area contributed by atoms with Crippen LogP contribution in [-0.4, -0.2) is 18.5 Å². The van der Waals surface area contributed by atoms with Crippen molar-refractivity contribution < 1.29 is 4.79 Å². The molecule has 1 amide bonds. The van der Waals surface area contributed by atoms with E-state index in [1.807, 2.05) is 0 Å². The standard InChI is InChI=1S/C13H28N2O/c1-10(2)6-7-15-12(16)8-11(14)9-13(3,4)5/h10-11H,6-9,14H2,1-5H3,(H,15,16). The van der Waals surface area contributed by atoms with Crippen LogP contribution in [0.3, 0.4) is 0 Å². The molecule has 0 aliphatic carbocycles. The van der Waals surface area contributed by atoms with Crippen LogP contribution in [-0.2, 0) is 4.79 Å². The molecule has 0 aromatic heterocycles. The van der Waals surface area contributed by atoms with Gasteiger partial charge in [0.2, 0.25) is 5.91 Å². The summed E-state index contributed by atoms with van der Waals surface area (Å²) in [6.45, 7) is 11.5. The second kappa shape index (κ2) is 6.89. The second-order valence-electron chi connectivity index (χ2n) is 6.26. The lowest BCUT2D eigenvalue weighted by molar-refractivity contribution is -0.121. The lowest BCUT2D eigenvalue weighted by atomic mass is 9.87. The first-order chi connectivity index (χ1) is 7.20. The van der Waals surface area contributed by atoms with Crippen LogP contribution in [0, 0.1) is 11.3 Å². The number of nitrogens with two attached hydrogens (primary N) is 1. The molecule has 1 unspecified atom stereocenters. The number of hydrogen-bond donors (Lipinski definition) is 2. The Morgan fingerprint density at radius 1 is 1.31 bits per heavy atom. The molecule has 3 nitrogen and oxygen atoms in total. The van der Waals surface area contributed by atoms with Gasteiger partial charge in [-0.05, 0) is 24.2 Å². The van der Waals surface area contributed by atoms with Gasteiger partial charge in [-0.1, -0.05) is 34.6 Å². The van der Waals surface area contributed by atoms with Gasteiger partial charge in [-0.2, -0.15) is 0 Å². The van der Waals surface area contributed by atoms with Crippen molar-refractivity contribution in [1.82, 2.24) is 5.32 Å². The van der Waals surface area contributed by atoms with E-state index in [0.29, 0.717) is 12.3 Å². The molecule has 16 heavy (non-hydrogen) atoms. The van der Waals surface area contributed by atoms with Crippen LogP contribution in [0.1, 0.15) is 53.9 Å². The summed E-state index contributed by atoms with van der Waals surface area (Å²) in [5, 5.41) is 2.91. The Morgan fingerprint density at radius 3 is 2.31 bits per heavy atom. The van der Waals surface area contributed by atoms with Gasteiger partial charge in [0.15, 0.2) is 0 Å². The van der Waals surface area contributed by atoms with E-state index in [-0.39, 0.29) is 17.4 Å². The Labute approximate surface area is 100 Å². The molecule has 0 saturated heterocycles. The molecular weight excluding hydrogens is 200 g/mol. The van der Waals surface area contributed by atoms with Crippen LogP contribution in [0.25, 0.3) is 0 Å². The van der Waals surface area contributed by atoms with Crippen molar-refractivity contribution in [2.24, 2.45) is 17.1 Å². The summed E-state index contributed by atoms with van der Waals surface area (Å²) in [4.78, 5) is 11.5. The van der Waals surface area contributed by atoms with Gasteiger partial charge in [-0.25, -0.2) is 0 Å². The molecule has 1 atom stereocenters. The summed E-state index contributed by atoms with van der Waals surface area (Å²) >= 11 is 0. The van der Waals surface area contributed by atoms with Gasteiger partial charge in [-0.15, -0.1) is 0 Å². The summed E-state index contributed by atoms with van der Waals surface area (Å²) < 4.78 is 0. The summed E-state index contributed by atoms with van der Waals surface area (Å²) in [5.74, 6) is 0.709. The Balaban J connectivity index is 3.71. The van der Waals surface area contributed by atoms with Crippen LogP contribution in [0.15, 0.2) is 0 Å². The van der Waals surface area contributed by atoms with E-state index < -0.39 is 0 Å². The third-order valence-electron chi connectivity index (χ3n) is 2.37. The Kier molecular flexibility index (Phi) is 6.65. The maximum Gasteiger partial charge on any atom is 0.221 e.